The molecule has 0 aliphatic heterocycles. The van der Waals surface area contributed by atoms with Crippen LogP contribution in [-0.2, 0) is 0 Å². The van der Waals surface area contributed by atoms with E-state index < -0.39 is 5.91 Å². The summed E-state index contributed by atoms with van der Waals surface area (Å²) in [5.41, 5.74) is 5.24. The minimum Gasteiger partial charge on any atom is -0.455 e. The van der Waals surface area contributed by atoms with Crippen molar-refractivity contribution in [2.24, 2.45) is 5.10 Å². The van der Waals surface area contributed by atoms with Crippen LogP contribution in [0.3, 0.4) is 0 Å². The third kappa shape index (κ3) is 4.49. The number of carbonyl (C=O) groups excluding carboxylic acids is 1. The molecule has 1 amide bonds. The summed E-state index contributed by atoms with van der Waals surface area (Å²) in [4.78, 5) is 12.3. The fraction of sp³-hybridized carbons (Fsp3) is 0.0476. The monoisotopic (exact) mass is 626 g/mol. The van der Waals surface area contributed by atoms with Gasteiger partial charge < -0.3 is 8.83 Å². The molecule has 4 rings (SSSR count). The first-order valence-corrected chi connectivity index (χ1v) is 11.2. The van der Waals surface area contributed by atoms with E-state index in [1.54, 1.807) is 12.1 Å². The fourth-order valence-corrected chi connectivity index (χ4v) is 5.13. The molecular weight excluding hydrogens is 615 g/mol. The molecule has 0 fully saturated rings. The molecule has 0 aliphatic carbocycles. The van der Waals surface area contributed by atoms with Crippen LogP contribution in [0.1, 0.15) is 21.9 Å². The van der Waals surface area contributed by atoms with E-state index in [-0.39, 0.29) is 5.76 Å². The van der Waals surface area contributed by atoms with Gasteiger partial charge in [0.25, 0.3) is 0 Å². The summed E-state index contributed by atoms with van der Waals surface area (Å²) in [6.07, 6.45) is 1.45. The van der Waals surface area contributed by atoms with Gasteiger partial charge in [-0.05, 0) is 77.5 Å². The minimum absolute atomic E-state index is 0.192. The lowest BCUT2D eigenvalue weighted by Gasteiger charge is -2.01. The zero-order chi connectivity index (χ0) is 20.5. The van der Waals surface area contributed by atoms with Gasteiger partial charge in [-0.25, -0.2) is 5.43 Å². The van der Waals surface area contributed by atoms with E-state index in [0.29, 0.717) is 17.1 Å². The van der Waals surface area contributed by atoms with Crippen LogP contribution in [0.15, 0.2) is 71.4 Å². The van der Waals surface area contributed by atoms with Gasteiger partial charge in [0.05, 0.1) is 9.78 Å². The van der Waals surface area contributed by atoms with Crippen LogP contribution in [0.25, 0.3) is 22.3 Å². The highest BCUT2D eigenvalue weighted by Crippen LogP contribution is 2.30. The Morgan fingerprint density at radius 3 is 2.72 bits per heavy atom. The second-order valence-electron chi connectivity index (χ2n) is 6.30. The maximum absolute atomic E-state index is 12.3. The Balaban J connectivity index is 1.47. The van der Waals surface area contributed by atoms with Gasteiger partial charge in [0.15, 0.2) is 5.76 Å². The fourth-order valence-electron chi connectivity index (χ4n) is 2.78. The van der Waals surface area contributed by atoms with Crippen LogP contribution in [0.5, 0.6) is 0 Å². The first kappa shape index (κ1) is 20.4. The van der Waals surface area contributed by atoms with E-state index in [9.17, 15) is 4.79 Å². The summed E-state index contributed by atoms with van der Waals surface area (Å²) in [6.45, 7) is 2.03. The predicted octanol–water partition coefficient (Wildman–Crippen LogP) is 6.89. The number of hydrogen-bond donors (Lipinski definition) is 1. The molecule has 2 aromatic heterocycles. The van der Waals surface area contributed by atoms with E-state index in [0.717, 1.165) is 29.0 Å². The molecule has 0 saturated carbocycles. The first-order valence-electron chi connectivity index (χ1n) is 8.49. The van der Waals surface area contributed by atoms with E-state index in [2.05, 4.69) is 65.0 Å². The number of benzene rings is 2. The predicted molar refractivity (Wildman–Crippen MR) is 128 cm³/mol. The number of hydrazone groups is 1. The summed E-state index contributed by atoms with van der Waals surface area (Å²) in [5.74, 6) is 0.993. The molecule has 0 atom stereocenters. The van der Waals surface area contributed by atoms with Crippen LogP contribution in [0.2, 0.25) is 0 Å². The Morgan fingerprint density at radius 1 is 1.10 bits per heavy atom. The molecule has 2 heterocycles. The quantitative estimate of drug-likeness (QED) is 0.152. The summed E-state index contributed by atoms with van der Waals surface area (Å²) >= 11 is 9.16. The average Bonchev–Trinajstić information content (AvgIpc) is 3.29. The highest BCUT2D eigenvalue weighted by Gasteiger charge is 2.14. The van der Waals surface area contributed by atoms with Crippen LogP contribution in [0.4, 0.5) is 0 Å². The van der Waals surface area contributed by atoms with Crippen molar-refractivity contribution in [2.75, 3.05) is 0 Å². The molecule has 0 aliphatic rings. The van der Waals surface area contributed by atoms with Gasteiger partial charge in [0, 0.05) is 19.9 Å². The normalized spacial score (nSPS) is 11.4. The number of aryl methyl sites for hydroxylation is 1. The van der Waals surface area contributed by atoms with Gasteiger partial charge in [-0.15, -0.1) is 0 Å². The zero-order valence-electron chi connectivity index (χ0n) is 15.0. The van der Waals surface area contributed by atoms with E-state index >= 15 is 0 Å². The SMILES string of the molecule is Cc1ccc(-c2ccc(/C=N/NC(=O)c3cc4cc(Br)cc(I)c4o3)o2)c(Br)c1. The van der Waals surface area contributed by atoms with Crippen molar-refractivity contribution in [1.82, 2.24) is 5.43 Å². The number of carbonyl (C=O) groups is 1. The molecule has 8 heteroatoms. The van der Waals surface area contributed by atoms with Gasteiger partial charge in [-0.2, -0.15) is 5.10 Å². The number of furan rings is 2. The minimum atomic E-state index is -0.433. The standard InChI is InChI=1S/C21H13Br2IN2O3/c1-11-2-4-15(16(23)6-11)18-5-3-14(28-18)10-25-26-21(27)19-8-12-7-13(22)9-17(24)20(12)29-19/h2-10H,1H3,(H,26,27)/b25-10+. The van der Waals surface area contributed by atoms with Gasteiger partial charge in [0.1, 0.15) is 17.1 Å². The molecule has 4 aromatic rings. The van der Waals surface area contributed by atoms with Crippen molar-refractivity contribution in [2.45, 2.75) is 6.92 Å². The number of halogens is 3. The van der Waals surface area contributed by atoms with E-state index in [1.165, 1.54) is 6.21 Å². The van der Waals surface area contributed by atoms with E-state index in [1.807, 2.05) is 43.3 Å². The van der Waals surface area contributed by atoms with Gasteiger partial charge >= 0.3 is 5.91 Å². The lowest BCUT2D eigenvalue weighted by molar-refractivity contribution is 0.0929. The molecule has 0 radical (unpaired) electrons. The lowest BCUT2D eigenvalue weighted by atomic mass is 10.1. The number of rotatable bonds is 4. The molecule has 0 unspecified atom stereocenters. The van der Waals surface area contributed by atoms with Gasteiger partial charge in [-0.1, -0.05) is 37.9 Å². The van der Waals surface area contributed by atoms with Crippen molar-refractivity contribution in [1.29, 1.82) is 0 Å². The molecule has 146 valence electrons. The molecule has 0 spiro atoms. The van der Waals surface area contributed by atoms with Crippen molar-refractivity contribution in [3.63, 3.8) is 0 Å². The topological polar surface area (TPSA) is 67.7 Å². The van der Waals surface area contributed by atoms with Crippen molar-refractivity contribution in [3.05, 3.63) is 78.1 Å². The average molecular weight is 628 g/mol. The third-order valence-electron chi connectivity index (χ3n) is 4.13. The Kier molecular flexibility index (Phi) is 5.93. The Morgan fingerprint density at radius 2 is 1.93 bits per heavy atom. The maximum atomic E-state index is 12.3. The Labute approximate surface area is 196 Å². The van der Waals surface area contributed by atoms with Crippen molar-refractivity contribution in [3.8, 4) is 11.3 Å². The highest BCUT2D eigenvalue weighted by molar-refractivity contribution is 14.1. The number of fused-ring (bicyclic) bond motifs is 1. The van der Waals surface area contributed by atoms with Crippen LogP contribution in [0, 0.1) is 10.5 Å². The number of nitrogens with zero attached hydrogens (tertiary/aromatic N) is 1. The molecule has 1 N–H and O–H groups in total. The second-order valence-corrected chi connectivity index (χ2v) is 9.23. The summed E-state index contributed by atoms with van der Waals surface area (Å²) < 4.78 is 14.2. The number of hydrogen-bond acceptors (Lipinski definition) is 4. The molecule has 29 heavy (non-hydrogen) atoms. The van der Waals surface area contributed by atoms with Crippen molar-refractivity contribution < 1.29 is 13.6 Å². The van der Waals surface area contributed by atoms with Crippen LogP contribution >= 0.6 is 54.5 Å². The van der Waals surface area contributed by atoms with Crippen LogP contribution < -0.4 is 5.43 Å². The molecular formula is C21H13Br2IN2O3. The number of amides is 1. The maximum Gasteiger partial charge on any atom is 0.307 e. The zero-order valence-corrected chi connectivity index (χ0v) is 20.3. The Hall–Kier alpha value is -1.91. The Bertz CT molecular complexity index is 1260. The smallest absolute Gasteiger partial charge is 0.307 e. The third-order valence-corrected chi connectivity index (χ3v) is 6.05. The summed E-state index contributed by atoms with van der Waals surface area (Å²) in [7, 11) is 0. The summed E-state index contributed by atoms with van der Waals surface area (Å²) in [5, 5.41) is 4.82. The van der Waals surface area contributed by atoms with Crippen LogP contribution in [-0.4, -0.2) is 12.1 Å². The van der Waals surface area contributed by atoms with Gasteiger partial charge in [0.2, 0.25) is 0 Å². The summed E-state index contributed by atoms with van der Waals surface area (Å²) in [6, 6.07) is 15.2. The van der Waals surface area contributed by atoms with Gasteiger partial charge in [-0.3, -0.25) is 4.79 Å². The number of nitrogens with one attached hydrogen (secondary N) is 1. The molecule has 0 saturated heterocycles. The van der Waals surface area contributed by atoms with Crippen molar-refractivity contribution >= 4 is 77.5 Å². The van der Waals surface area contributed by atoms with E-state index in [4.69, 9.17) is 8.83 Å². The largest absolute Gasteiger partial charge is 0.455 e. The lowest BCUT2D eigenvalue weighted by Crippen LogP contribution is -2.16. The molecule has 0 bridgehead atoms. The molecule has 2 aromatic carbocycles. The molecule has 5 nitrogen and oxygen atoms in total. The highest BCUT2D eigenvalue weighted by atomic mass is 127. The second kappa shape index (κ2) is 8.45. The first-order chi connectivity index (χ1) is 13.9.